The summed E-state index contributed by atoms with van der Waals surface area (Å²) in [6.07, 6.45) is 10.1. The molecule has 140 valence electrons. The Labute approximate surface area is 165 Å². The number of nitrogens with zero attached hydrogens (tertiary/aromatic N) is 2. The number of hydrogen-bond donors (Lipinski definition) is 1. The third kappa shape index (κ3) is 3.28. The van der Waals surface area contributed by atoms with Gasteiger partial charge in [-0.1, -0.05) is 29.8 Å². The van der Waals surface area contributed by atoms with Gasteiger partial charge in [0.15, 0.2) is 0 Å². The number of hydrogen-bond acceptors (Lipinski definition) is 2. The number of aromatic nitrogens is 2. The van der Waals surface area contributed by atoms with Gasteiger partial charge in [0.2, 0.25) is 0 Å². The summed E-state index contributed by atoms with van der Waals surface area (Å²) in [6, 6.07) is 12.6. The minimum atomic E-state index is -0.418. The molecule has 0 spiro atoms. The van der Waals surface area contributed by atoms with E-state index in [0.717, 1.165) is 41.9 Å². The van der Waals surface area contributed by atoms with Crippen molar-refractivity contribution in [1.82, 2.24) is 9.38 Å². The molecule has 0 unspecified atom stereocenters. The second-order valence-corrected chi connectivity index (χ2v) is 8.68. The first kappa shape index (κ1) is 17.3. The van der Waals surface area contributed by atoms with Crippen molar-refractivity contribution < 1.29 is 5.11 Å². The smallest absolute Gasteiger partial charge is 0.0995 e. The lowest BCUT2D eigenvalue weighted by Crippen LogP contribution is -2.22. The Hall–Kier alpha value is -1.84. The van der Waals surface area contributed by atoms with E-state index in [1.54, 1.807) is 0 Å². The molecule has 0 aliphatic heterocycles. The maximum absolute atomic E-state index is 11.4. The highest BCUT2D eigenvalue weighted by Gasteiger charge is 2.34. The topological polar surface area (TPSA) is 37.5 Å². The summed E-state index contributed by atoms with van der Waals surface area (Å²) in [7, 11) is 0. The fourth-order valence-electron chi connectivity index (χ4n) is 4.83. The summed E-state index contributed by atoms with van der Waals surface area (Å²) in [5.41, 5.74) is 4.82. The molecule has 27 heavy (non-hydrogen) atoms. The van der Waals surface area contributed by atoms with Crippen molar-refractivity contribution >= 4 is 17.1 Å². The zero-order valence-electron chi connectivity index (χ0n) is 15.4. The van der Waals surface area contributed by atoms with Crippen molar-refractivity contribution in [3.05, 3.63) is 70.8 Å². The van der Waals surface area contributed by atoms with Gasteiger partial charge in [0.05, 0.1) is 29.8 Å². The number of pyridine rings is 1. The van der Waals surface area contributed by atoms with Crippen molar-refractivity contribution in [3.8, 4) is 0 Å². The van der Waals surface area contributed by atoms with Crippen LogP contribution in [0.1, 0.15) is 73.3 Å². The van der Waals surface area contributed by atoms with E-state index in [2.05, 4.69) is 33.7 Å². The molecule has 2 aliphatic carbocycles. The quantitative estimate of drug-likeness (QED) is 0.614. The van der Waals surface area contributed by atoms with Crippen molar-refractivity contribution in [2.75, 3.05) is 0 Å². The molecular weight excluding hydrogens is 356 g/mol. The average Bonchev–Trinajstić information content (AvgIpc) is 3.43. The number of rotatable bonds is 4. The van der Waals surface area contributed by atoms with Crippen LogP contribution >= 0.6 is 11.6 Å². The number of benzene rings is 1. The lowest BCUT2D eigenvalue weighted by molar-refractivity contribution is 0.0754. The number of halogens is 1. The molecule has 0 saturated heterocycles. The van der Waals surface area contributed by atoms with E-state index in [1.807, 2.05) is 24.7 Å². The maximum Gasteiger partial charge on any atom is 0.0995 e. The van der Waals surface area contributed by atoms with Crippen LogP contribution in [0.5, 0.6) is 0 Å². The lowest BCUT2D eigenvalue weighted by Gasteiger charge is -2.33. The first-order chi connectivity index (χ1) is 13.2. The lowest BCUT2D eigenvalue weighted by atomic mass is 9.75. The standard InChI is InChI=1S/C23H25ClN2O/c24-19-3-1-2-18(12-19)15-4-8-17(9-5-15)23(27)22-21(16-6-7-16)11-10-20-13-25-14-26(20)22/h1-3,10-17,23,27H,4-9H2/t15?,17?,23-/m1/s1. The molecule has 1 atom stereocenters. The fraction of sp³-hybridized carbons (Fsp3) is 0.435. The zero-order chi connectivity index (χ0) is 18.4. The number of aliphatic hydroxyl groups excluding tert-OH is 1. The summed E-state index contributed by atoms with van der Waals surface area (Å²) in [6.45, 7) is 0. The van der Waals surface area contributed by atoms with Crippen LogP contribution in [0.3, 0.4) is 0 Å². The predicted octanol–water partition coefficient (Wildman–Crippen LogP) is 5.87. The Morgan fingerprint density at radius 2 is 1.78 bits per heavy atom. The largest absolute Gasteiger partial charge is 0.387 e. The molecule has 0 bridgehead atoms. The highest BCUT2D eigenvalue weighted by atomic mass is 35.5. The van der Waals surface area contributed by atoms with Gasteiger partial charge in [0, 0.05) is 5.02 Å². The third-order valence-corrected chi connectivity index (χ3v) is 6.73. The Kier molecular flexibility index (Phi) is 4.45. The molecule has 1 N–H and O–H groups in total. The fourth-order valence-corrected chi connectivity index (χ4v) is 5.03. The van der Waals surface area contributed by atoms with Crippen LogP contribution < -0.4 is 0 Å². The monoisotopic (exact) mass is 380 g/mol. The second-order valence-electron chi connectivity index (χ2n) is 8.25. The molecule has 2 saturated carbocycles. The summed E-state index contributed by atoms with van der Waals surface area (Å²) in [5.74, 6) is 1.48. The van der Waals surface area contributed by atoms with E-state index in [-0.39, 0.29) is 0 Å². The first-order valence-electron chi connectivity index (χ1n) is 10.1. The van der Waals surface area contributed by atoms with Gasteiger partial charge < -0.3 is 9.51 Å². The third-order valence-electron chi connectivity index (χ3n) is 6.49. The Morgan fingerprint density at radius 3 is 2.52 bits per heavy atom. The molecule has 2 aliphatic rings. The van der Waals surface area contributed by atoms with Gasteiger partial charge in [-0.2, -0.15) is 0 Å². The molecule has 1 aromatic carbocycles. The van der Waals surface area contributed by atoms with Gasteiger partial charge >= 0.3 is 0 Å². The Balaban J connectivity index is 1.38. The summed E-state index contributed by atoms with van der Waals surface area (Å²) in [5, 5.41) is 12.2. The van der Waals surface area contributed by atoms with Gasteiger partial charge in [0.1, 0.15) is 0 Å². The van der Waals surface area contributed by atoms with Crippen LogP contribution in [-0.4, -0.2) is 14.5 Å². The van der Waals surface area contributed by atoms with Gasteiger partial charge in [0.25, 0.3) is 0 Å². The average molecular weight is 381 g/mol. The van der Waals surface area contributed by atoms with Crippen LogP contribution in [0, 0.1) is 5.92 Å². The van der Waals surface area contributed by atoms with E-state index in [4.69, 9.17) is 11.6 Å². The minimum absolute atomic E-state index is 0.311. The SMILES string of the molecule is O[C@@H](c1c(C2CC2)ccc2cncn12)C1CCC(c2cccc(Cl)c2)CC1. The summed E-state index contributed by atoms with van der Waals surface area (Å²) in [4.78, 5) is 4.31. The molecular formula is C23H25ClN2O. The van der Waals surface area contributed by atoms with Gasteiger partial charge in [-0.05, 0) is 85.6 Å². The van der Waals surface area contributed by atoms with Crippen molar-refractivity contribution in [2.45, 2.75) is 56.5 Å². The molecule has 0 amide bonds. The van der Waals surface area contributed by atoms with Crippen LogP contribution in [0.4, 0.5) is 0 Å². The molecule has 2 aromatic heterocycles. The maximum atomic E-state index is 11.4. The van der Waals surface area contributed by atoms with Crippen LogP contribution in [0.2, 0.25) is 5.02 Å². The van der Waals surface area contributed by atoms with Crippen molar-refractivity contribution in [1.29, 1.82) is 0 Å². The molecule has 3 aromatic rings. The zero-order valence-corrected chi connectivity index (χ0v) is 16.1. The number of aliphatic hydroxyl groups is 1. The van der Waals surface area contributed by atoms with Crippen molar-refractivity contribution in [2.24, 2.45) is 5.92 Å². The van der Waals surface area contributed by atoms with E-state index in [9.17, 15) is 5.11 Å². The van der Waals surface area contributed by atoms with Gasteiger partial charge in [-0.3, -0.25) is 0 Å². The summed E-state index contributed by atoms with van der Waals surface area (Å²) >= 11 is 6.17. The van der Waals surface area contributed by atoms with Crippen LogP contribution in [0.15, 0.2) is 48.9 Å². The molecule has 2 heterocycles. The highest BCUT2D eigenvalue weighted by Crippen LogP contribution is 2.47. The van der Waals surface area contributed by atoms with Crippen molar-refractivity contribution in [3.63, 3.8) is 0 Å². The van der Waals surface area contributed by atoms with Crippen LogP contribution in [0.25, 0.3) is 5.52 Å². The number of fused-ring (bicyclic) bond motifs is 1. The first-order valence-corrected chi connectivity index (χ1v) is 10.5. The summed E-state index contributed by atoms with van der Waals surface area (Å²) < 4.78 is 2.11. The molecule has 2 fully saturated rings. The highest BCUT2D eigenvalue weighted by molar-refractivity contribution is 6.30. The molecule has 0 radical (unpaired) electrons. The predicted molar refractivity (Wildman–Crippen MR) is 108 cm³/mol. The van der Waals surface area contributed by atoms with Gasteiger partial charge in [-0.15, -0.1) is 0 Å². The normalized spacial score (nSPS) is 24.2. The Morgan fingerprint density at radius 1 is 1.00 bits per heavy atom. The minimum Gasteiger partial charge on any atom is -0.387 e. The molecule has 3 nitrogen and oxygen atoms in total. The van der Waals surface area contributed by atoms with E-state index in [1.165, 1.54) is 24.0 Å². The van der Waals surface area contributed by atoms with Crippen LogP contribution in [-0.2, 0) is 0 Å². The number of imidazole rings is 1. The van der Waals surface area contributed by atoms with Gasteiger partial charge in [-0.25, -0.2) is 4.98 Å². The van der Waals surface area contributed by atoms with E-state index in [0.29, 0.717) is 17.8 Å². The van der Waals surface area contributed by atoms with E-state index >= 15 is 0 Å². The second kappa shape index (κ2) is 6.96. The Bertz CT molecular complexity index is 954. The van der Waals surface area contributed by atoms with E-state index < -0.39 is 6.10 Å². The molecule has 4 heteroatoms. The molecule has 5 rings (SSSR count).